The van der Waals surface area contributed by atoms with Gasteiger partial charge in [-0.3, -0.25) is 4.68 Å². The van der Waals surface area contributed by atoms with Crippen molar-refractivity contribution in [2.24, 2.45) is 0 Å². The van der Waals surface area contributed by atoms with E-state index in [0.29, 0.717) is 6.54 Å². The second kappa shape index (κ2) is 5.51. The Morgan fingerprint density at radius 2 is 1.85 bits per heavy atom. The number of nitrogen functional groups attached to an aromatic ring is 1. The van der Waals surface area contributed by atoms with E-state index in [2.05, 4.69) is 39.4 Å². The van der Waals surface area contributed by atoms with E-state index in [1.54, 1.807) is 0 Å². The van der Waals surface area contributed by atoms with Crippen LogP contribution < -0.4 is 5.73 Å². The van der Waals surface area contributed by atoms with Gasteiger partial charge in [-0.1, -0.05) is 52.3 Å². The first-order valence-corrected chi connectivity index (χ1v) is 7.13. The van der Waals surface area contributed by atoms with E-state index in [1.807, 2.05) is 47.3 Å². The van der Waals surface area contributed by atoms with Crippen molar-refractivity contribution in [3.05, 3.63) is 71.0 Å². The summed E-state index contributed by atoms with van der Waals surface area (Å²) in [6.07, 6.45) is 3.94. The highest BCUT2D eigenvalue weighted by Gasteiger charge is 2.04. The van der Waals surface area contributed by atoms with Gasteiger partial charge in [-0.25, -0.2) is 0 Å². The van der Waals surface area contributed by atoms with Gasteiger partial charge in [0.1, 0.15) is 0 Å². The summed E-state index contributed by atoms with van der Waals surface area (Å²) in [6, 6.07) is 16.1. The molecule has 20 heavy (non-hydrogen) atoms. The van der Waals surface area contributed by atoms with Crippen molar-refractivity contribution in [2.75, 3.05) is 5.73 Å². The average Bonchev–Trinajstić information content (AvgIpc) is 2.92. The van der Waals surface area contributed by atoms with Crippen LogP contribution in [0, 0.1) is 0 Å². The fourth-order valence-electron chi connectivity index (χ4n) is 2.10. The fraction of sp³-hybridized carbons (Fsp3) is 0.0625. The number of hydrogen-bond acceptors (Lipinski definition) is 2. The second-order valence-corrected chi connectivity index (χ2v) is 5.50. The van der Waals surface area contributed by atoms with Crippen LogP contribution in [-0.2, 0) is 6.54 Å². The Labute approximate surface area is 126 Å². The second-order valence-electron chi connectivity index (χ2n) is 4.64. The Bertz CT molecular complexity index is 720. The average molecular weight is 328 g/mol. The summed E-state index contributed by atoms with van der Waals surface area (Å²) >= 11 is 3.54. The standard InChI is InChI=1S/C16H14BrN3/c17-16-8-15(18)7-6-13(16)10-20-11-14(9-19-20)12-4-2-1-3-5-12/h1-9,11H,10,18H2. The van der Waals surface area contributed by atoms with E-state index in [-0.39, 0.29) is 0 Å². The van der Waals surface area contributed by atoms with Crippen molar-refractivity contribution in [2.45, 2.75) is 6.54 Å². The zero-order chi connectivity index (χ0) is 13.9. The third kappa shape index (κ3) is 2.75. The molecule has 0 saturated heterocycles. The number of nitrogens with two attached hydrogens (primary N) is 1. The van der Waals surface area contributed by atoms with Crippen LogP contribution in [0.3, 0.4) is 0 Å². The first-order chi connectivity index (χ1) is 9.72. The van der Waals surface area contributed by atoms with Crippen molar-refractivity contribution < 1.29 is 0 Å². The molecule has 100 valence electrons. The van der Waals surface area contributed by atoms with Crippen LogP contribution in [0.15, 0.2) is 65.4 Å². The molecule has 2 N–H and O–H groups in total. The van der Waals surface area contributed by atoms with Crippen molar-refractivity contribution >= 4 is 21.6 Å². The van der Waals surface area contributed by atoms with Crippen LogP contribution in [0.25, 0.3) is 11.1 Å². The first kappa shape index (κ1) is 12.9. The van der Waals surface area contributed by atoms with E-state index in [4.69, 9.17) is 5.73 Å². The number of aromatic nitrogens is 2. The number of benzene rings is 2. The highest BCUT2D eigenvalue weighted by Crippen LogP contribution is 2.22. The minimum Gasteiger partial charge on any atom is -0.399 e. The molecule has 3 nitrogen and oxygen atoms in total. The summed E-state index contributed by atoms with van der Waals surface area (Å²) in [6.45, 7) is 0.716. The molecule has 0 aliphatic heterocycles. The lowest BCUT2D eigenvalue weighted by atomic mass is 10.1. The van der Waals surface area contributed by atoms with E-state index in [0.717, 1.165) is 21.3 Å². The topological polar surface area (TPSA) is 43.8 Å². The molecule has 0 aliphatic carbocycles. The zero-order valence-corrected chi connectivity index (χ0v) is 12.4. The van der Waals surface area contributed by atoms with Gasteiger partial charge in [0, 0.05) is 21.9 Å². The van der Waals surface area contributed by atoms with E-state index >= 15 is 0 Å². The van der Waals surface area contributed by atoms with Crippen LogP contribution >= 0.6 is 15.9 Å². The molecule has 0 amide bonds. The van der Waals surface area contributed by atoms with Gasteiger partial charge in [0.05, 0.1) is 12.7 Å². The van der Waals surface area contributed by atoms with Gasteiger partial charge < -0.3 is 5.73 Å². The summed E-state index contributed by atoms with van der Waals surface area (Å²) in [7, 11) is 0. The largest absolute Gasteiger partial charge is 0.399 e. The van der Waals surface area contributed by atoms with Gasteiger partial charge in [-0.15, -0.1) is 0 Å². The first-order valence-electron chi connectivity index (χ1n) is 6.34. The van der Waals surface area contributed by atoms with Crippen molar-refractivity contribution in [1.82, 2.24) is 9.78 Å². The number of hydrogen-bond donors (Lipinski definition) is 1. The fourth-order valence-corrected chi connectivity index (χ4v) is 2.62. The molecule has 0 bridgehead atoms. The van der Waals surface area contributed by atoms with E-state index < -0.39 is 0 Å². The molecule has 0 radical (unpaired) electrons. The molecule has 0 aliphatic rings. The highest BCUT2D eigenvalue weighted by molar-refractivity contribution is 9.10. The molecule has 0 saturated carbocycles. The number of anilines is 1. The van der Waals surface area contributed by atoms with Gasteiger partial charge in [-0.2, -0.15) is 5.10 Å². The Morgan fingerprint density at radius 3 is 2.60 bits per heavy atom. The maximum absolute atomic E-state index is 5.75. The monoisotopic (exact) mass is 327 g/mol. The normalized spacial score (nSPS) is 10.7. The van der Waals surface area contributed by atoms with Crippen LogP contribution in [-0.4, -0.2) is 9.78 Å². The molecule has 3 rings (SSSR count). The molecule has 0 fully saturated rings. The van der Waals surface area contributed by atoms with Crippen molar-refractivity contribution in [3.63, 3.8) is 0 Å². The predicted molar refractivity (Wildman–Crippen MR) is 85.3 cm³/mol. The summed E-state index contributed by atoms with van der Waals surface area (Å²) in [5.74, 6) is 0. The Kier molecular flexibility index (Phi) is 3.56. The minimum absolute atomic E-state index is 0.716. The lowest BCUT2D eigenvalue weighted by Gasteiger charge is -2.05. The maximum atomic E-state index is 5.75. The number of nitrogens with zero attached hydrogens (tertiary/aromatic N) is 2. The third-order valence-electron chi connectivity index (χ3n) is 3.15. The van der Waals surface area contributed by atoms with Gasteiger partial charge in [0.15, 0.2) is 0 Å². The SMILES string of the molecule is Nc1ccc(Cn2cc(-c3ccccc3)cn2)c(Br)c1. The summed E-state index contributed by atoms with van der Waals surface area (Å²) < 4.78 is 2.94. The third-order valence-corrected chi connectivity index (χ3v) is 3.89. The maximum Gasteiger partial charge on any atom is 0.0670 e. The molecule has 3 aromatic rings. The molecule has 0 atom stereocenters. The Hall–Kier alpha value is -2.07. The van der Waals surface area contributed by atoms with Gasteiger partial charge in [0.25, 0.3) is 0 Å². The molecule has 2 aromatic carbocycles. The quantitative estimate of drug-likeness (QED) is 0.740. The lowest BCUT2D eigenvalue weighted by molar-refractivity contribution is 0.685. The zero-order valence-electron chi connectivity index (χ0n) is 10.8. The summed E-state index contributed by atoms with van der Waals surface area (Å²) in [5.41, 5.74) is 9.96. The number of rotatable bonds is 3. The molecule has 1 heterocycles. The van der Waals surface area contributed by atoms with Crippen molar-refractivity contribution in [3.8, 4) is 11.1 Å². The minimum atomic E-state index is 0.716. The molecule has 1 aromatic heterocycles. The predicted octanol–water partition coefficient (Wildman–Crippen LogP) is 3.94. The van der Waals surface area contributed by atoms with Crippen molar-refractivity contribution in [1.29, 1.82) is 0 Å². The smallest absolute Gasteiger partial charge is 0.0670 e. The Balaban J connectivity index is 1.84. The highest BCUT2D eigenvalue weighted by atomic mass is 79.9. The molecular weight excluding hydrogens is 314 g/mol. The van der Waals surface area contributed by atoms with Crippen LogP contribution in [0.1, 0.15) is 5.56 Å². The van der Waals surface area contributed by atoms with Gasteiger partial charge in [-0.05, 0) is 23.3 Å². The van der Waals surface area contributed by atoms with E-state index in [1.165, 1.54) is 5.56 Å². The van der Waals surface area contributed by atoms with Crippen LogP contribution in [0.5, 0.6) is 0 Å². The lowest BCUT2D eigenvalue weighted by Crippen LogP contribution is -2.01. The Morgan fingerprint density at radius 1 is 1.05 bits per heavy atom. The molecule has 0 spiro atoms. The van der Waals surface area contributed by atoms with Crippen LogP contribution in [0.2, 0.25) is 0 Å². The van der Waals surface area contributed by atoms with Crippen LogP contribution in [0.4, 0.5) is 5.69 Å². The number of halogens is 1. The van der Waals surface area contributed by atoms with Gasteiger partial charge >= 0.3 is 0 Å². The molecule has 0 unspecified atom stereocenters. The summed E-state index contributed by atoms with van der Waals surface area (Å²) in [4.78, 5) is 0. The molecular formula is C16H14BrN3. The molecule has 4 heteroatoms. The summed E-state index contributed by atoms with van der Waals surface area (Å²) in [5, 5.41) is 4.42. The van der Waals surface area contributed by atoms with E-state index in [9.17, 15) is 0 Å². The van der Waals surface area contributed by atoms with Gasteiger partial charge in [0.2, 0.25) is 0 Å².